The van der Waals surface area contributed by atoms with Crippen LogP contribution in [-0.4, -0.2) is 0 Å². The third-order valence-electron chi connectivity index (χ3n) is 7.08. The van der Waals surface area contributed by atoms with E-state index in [9.17, 15) is 0 Å². The van der Waals surface area contributed by atoms with E-state index in [0.717, 1.165) is 50.1 Å². The highest BCUT2D eigenvalue weighted by Crippen LogP contribution is 2.42. The third-order valence-corrected chi connectivity index (χ3v) is 7.08. The Labute approximate surface area is 222 Å². The number of furan rings is 1. The Morgan fingerprint density at radius 2 is 0.974 bits per heavy atom. The van der Waals surface area contributed by atoms with Crippen LogP contribution in [0.25, 0.3) is 44.2 Å². The maximum atomic E-state index is 6.31. The Kier molecular flexibility index (Phi) is 5.49. The molecule has 0 saturated heterocycles. The topological polar surface area (TPSA) is 16.4 Å². The zero-order valence-electron chi connectivity index (χ0n) is 20.8. The highest BCUT2D eigenvalue weighted by atomic mass is 16.3. The number of anilines is 3. The molecule has 0 aliphatic rings. The summed E-state index contributed by atoms with van der Waals surface area (Å²) < 4.78 is 6.31. The summed E-state index contributed by atoms with van der Waals surface area (Å²) in [7, 11) is 0. The Hall–Kier alpha value is -5.08. The van der Waals surface area contributed by atoms with Crippen molar-refractivity contribution in [1.29, 1.82) is 0 Å². The SMILES string of the molecule is c1ccc(-c2ccccc2N(c2ccccc2)c2ccc(-c3cccc4c3oc3ccccc34)cc2)cc1. The first-order valence-corrected chi connectivity index (χ1v) is 12.9. The summed E-state index contributed by atoms with van der Waals surface area (Å²) in [5, 5.41) is 2.29. The van der Waals surface area contributed by atoms with Crippen LogP contribution in [0.2, 0.25) is 0 Å². The zero-order valence-corrected chi connectivity index (χ0v) is 20.8. The molecule has 2 heteroatoms. The van der Waals surface area contributed by atoms with Gasteiger partial charge in [0.2, 0.25) is 0 Å². The van der Waals surface area contributed by atoms with Crippen LogP contribution in [0.1, 0.15) is 0 Å². The van der Waals surface area contributed by atoms with E-state index in [0.29, 0.717) is 0 Å². The molecule has 7 rings (SSSR count). The molecule has 7 aromatic rings. The molecule has 6 aromatic carbocycles. The molecule has 0 spiro atoms. The van der Waals surface area contributed by atoms with Gasteiger partial charge in [-0.3, -0.25) is 0 Å². The second-order valence-corrected chi connectivity index (χ2v) is 9.38. The van der Waals surface area contributed by atoms with Crippen molar-refractivity contribution < 1.29 is 4.42 Å². The Bertz CT molecular complexity index is 1850. The van der Waals surface area contributed by atoms with Crippen molar-refractivity contribution in [3.05, 3.63) is 152 Å². The molecule has 0 fully saturated rings. The molecule has 38 heavy (non-hydrogen) atoms. The van der Waals surface area contributed by atoms with E-state index in [2.05, 4.69) is 144 Å². The normalized spacial score (nSPS) is 11.2. The molecular weight excluding hydrogens is 462 g/mol. The summed E-state index contributed by atoms with van der Waals surface area (Å²) in [6.45, 7) is 0. The Morgan fingerprint density at radius 3 is 1.79 bits per heavy atom. The van der Waals surface area contributed by atoms with E-state index in [-0.39, 0.29) is 0 Å². The number of para-hydroxylation sites is 4. The van der Waals surface area contributed by atoms with E-state index < -0.39 is 0 Å². The number of rotatable bonds is 5. The van der Waals surface area contributed by atoms with Gasteiger partial charge in [-0.2, -0.15) is 0 Å². The Balaban J connectivity index is 1.36. The van der Waals surface area contributed by atoms with Gasteiger partial charge >= 0.3 is 0 Å². The minimum atomic E-state index is 0.916. The minimum Gasteiger partial charge on any atom is -0.455 e. The number of hydrogen-bond acceptors (Lipinski definition) is 2. The summed E-state index contributed by atoms with van der Waals surface area (Å²) in [6.07, 6.45) is 0. The van der Waals surface area contributed by atoms with Gasteiger partial charge < -0.3 is 9.32 Å². The van der Waals surface area contributed by atoms with Crippen molar-refractivity contribution in [2.75, 3.05) is 4.90 Å². The van der Waals surface area contributed by atoms with Crippen LogP contribution < -0.4 is 4.90 Å². The first kappa shape index (κ1) is 22.1. The van der Waals surface area contributed by atoms with E-state index in [1.54, 1.807) is 0 Å². The first-order chi connectivity index (χ1) is 18.9. The van der Waals surface area contributed by atoms with Gasteiger partial charge in [0.1, 0.15) is 11.2 Å². The summed E-state index contributed by atoms with van der Waals surface area (Å²) in [6, 6.07) is 53.1. The van der Waals surface area contributed by atoms with E-state index in [4.69, 9.17) is 4.42 Å². The van der Waals surface area contributed by atoms with Crippen molar-refractivity contribution in [2.45, 2.75) is 0 Å². The first-order valence-electron chi connectivity index (χ1n) is 12.9. The molecule has 1 heterocycles. The maximum Gasteiger partial charge on any atom is 0.143 e. The minimum absolute atomic E-state index is 0.916. The highest BCUT2D eigenvalue weighted by Gasteiger charge is 2.17. The van der Waals surface area contributed by atoms with Crippen LogP contribution in [0.15, 0.2) is 156 Å². The fourth-order valence-corrected chi connectivity index (χ4v) is 5.30. The molecule has 2 nitrogen and oxygen atoms in total. The van der Waals surface area contributed by atoms with Crippen LogP contribution in [0.3, 0.4) is 0 Å². The van der Waals surface area contributed by atoms with Gasteiger partial charge in [-0.1, -0.05) is 115 Å². The standard InChI is InChI=1S/C36H25NO/c1-3-12-26(13-4-1)30-16-7-9-20-34(30)37(28-14-5-2-6-15-28)29-24-22-27(23-25-29)31-18-11-19-33-32-17-8-10-21-35(32)38-36(31)33/h1-25H. The highest BCUT2D eigenvalue weighted by molar-refractivity contribution is 6.09. The van der Waals surface area contributed by atoms with Gasteiger partial charge in [0.05, 0.1) is 5.69 Å². The zero-order chi connectivity index (χ0) is 25.3. The van der Waals surface area contributed by atoms with Gasteiger partial charge in [-0.15, -0.1) is 0 Å². The predicted molar refractivity (Wildman–Crippen MR) is 159 cm³/mol. The van der Waals surface area contributed by atoms with E-state index in [1.165, 1.54) is 11.1 Å². The molecule has 0 aliphatic heterocycles. The molecule has 0 atom stereocenters. The fraction of sp³-hybridized carbons (Fsp3) is 0. The van der Waals surface area contributed by atoms with Gasteiger partial charge in [0.25, 0.3) is 0 Å². The van der Waals surface area contributed by atoms with Gasteiger partial charge in [-0.05, 0) is 47.5 Å². The van der Waals surface area contributed by atoms with Crippen molar-refractivity contribution in [2.24, 2.45) is 0 Å². The molecular formula is C36H25NO. The molecule has 0 amide bonds. The van der Waals surface area contributed by atoms with Crippen LogP contribution >= 0.6 is 0 Å². The van der Waals surface area contributed by atoms with Gasteiger partial charge in [0.15, 0.2) is 0 Å². The molecule has 0 bridgehead atoms. The molecule has 0 saturated carbocycles. The van der Waals surface area contributed by atoms with Gasteiger partial charge in [-0.25, -0.2) is 0 Å². The Morgan fingerprint density at radius 1 is 0.395 bits per heavy atom. The van der Waals surface area contributed by atoms with Crippen molar-refractivity contribution >= 4 is 39.0 Å². The largest absolute Gasteiger partial charge is 0.455 e. The molecule has 0 unspecified atom stereocenters. The molecule has 0 radical (unpaired) electrons. The summed E-state index contributed by atoms with van der Waals surface area (Å²) >= 11 is 0. The average Bonchev–Trinajstić information content (AvgIpc) is 3.38. The van der Waals surface area contributed by atoms with Crippen LogP contribution in [-0.2, 0) is 0 Å². The molecule has 180 valence electrons. The molecule has 0 N–H and O–H groups in total. The van der Waals surface area contributed by atoms with Crippen molar-refractivity contribution in [1.82, 2.24) is 0 Å². The third kappa shape index (κ3) is 3.84. The number of benzene rings is 6. The fourth-order valence-electron chi connectivity index (χ4n) is 5.30. The second-order valence-electron chi connectivity index (χ2n) is 9.38. The maximum absolute atomic E-state index is 6.31. The number of fused-ring (bicyclic) bond motifs is 3. The second kappa shape index (κ2) is 9.42. The summed E-state index contributed by atoms with van der Waals surface area (Å²) in [5.41, 5.74) is 9.80. The summed E-state index contributed by atoms with van der Waals surface area (Å²) in [5.74, 6) is 0. The smallest absolute Gasteiger partial charge is 0.143 e. The lowest BCUT2D eigenvalue weighted by Gasteiger charge is -2.28. The lowest BCUT2D eigenvalue weighted by Crippen LogP contribution is -2.11. The lowest BCUT2D eigenvalue weighted by atomic mass is 10.0. The number of hydrogen-bond donors (Lipinski definition) is 0. The van der Waals surface area contributed by atoms with E-state index in [1.807, 2.05) is 12.1 Å². The van der Waals surface area contributed by atoms with Crippen LogP contribution in [0.5, 0.6) is 0 Å². The monoisotopic (exact) mass is 487 g/mol. The van der Waals surface area contributed by atoms with Crippen LogP contribution in [0.4, 0.5) is 17.1 Å². The average molecular weight is 488 g/mol. The van der Waals surface area contributed by atoms with Crippen molar-refractivity contribution in [3.63, 3.8) is 0 Å². The quantitative estimate of drug-likeness (QED) is 0.240. The predicted octanol–water partition coefficient (Wildman–Crippen LogP) is 10.4. The number of nitrogens with zero attached hydrogens (tertiary/aromatic N) is 1. The molecule has 1 aromatic heterocycles. The lowest BCUT2D eigenvalue weighted by molar-refractivity contribution is 0.670. The van der Waals surface area contributed by atoms with Gasteiger partial charge in [0, 0.05) is 33.3 Å². The molecule has 0 aliphatic carbocycles. The van der Waals surface area contributed by atoms with Crippen molar-refractivity contribution in [3.8, 4) is 22.3 Å². The van der Waals surface area contributed by atoms with Crippen LogP contribution in [0, 0.1) is 0 Å². The summed E-state index contributed by atoms with van der Waals surface area (Å²) in [4.78, 5) is 2.33. The van der Waals surface area contributed by atoms with E-state index >= 15 is 0 Å².